The molecule has 0 radical (unpaired) electrons. The van der Waals surface area contributed by atoms with E-state index in [1.165, 1.54) is 4.90 Å². The fourth-order valence-corrected chi connectivity index (χ4v) is 4.71. The molecule has 7 heteroatoms. The summed E-state index contributed by atoms with van der Waals surface area (Å²) in [5.74, 6) is -0.695. The van der Waals surface area contributed by atoms with Crippen LogP contribution < -0.4 is 10.6 Å². The molecule has 0 saturated heterocycles. The SMILES string of the molecule is CCN(C(=O)C(Cc1ccccc1)NC(=O)OC(C)(C)C)C(C(=O)Nc1c(C)cccc1C)c1ccccc1C. The van der Waals surface area contributed by atoms with E-state index in [2.05, 4.69) is 10.6 Å². The number of hydrogen-bond donors (Lipinski definition) is 2. The van der Waals surface area contributed by atoms with Crippen LogP contribution in [0.4, 0.5) is 10.5 Å². The summed E-state index contributed by atoms with van der Waals surface area (Å²) in [6.07, 6.45) is -0.445. The first-order valence-electron chi connectivity index (χ1n) is 13.7. The van der Waals surface area contributed by atoms with Gasteiger partial charge >= 0.3 is 6.09 Å². The fourth-order valence-electron chi connectivity index (χ4n) is 4.71. The minimum absolute atomic E-state index is 0.244. The molecule has 3 rings (SSSR count). The van der Waals surface area contributed by atoms with Crippen LogP contribution in [-0.2, 0) is 20.7 Å². The van der Waals surface area contributed by atoms with Crippen molar-refractivity contribution in [3.63, 3.8) is 0 Å². The molecule has 212 valence electrons. The number of aryl methyl sites for hydroxylation is 3. The predicted octanol–water partition coefficient (Wildman–Crippen LogP) is 6.28. The second-order valence-electron chi connectivity index (χ2n) is 11.0. The lowest BCUT2D eigenvalue weighted by Crippen LogP contribution is -2.53. The molecule has 7 nitrogen and oxygen atoms in total. The van der Waals surface area contributed by atoms with Crippen LogP contribution in [0.1, 0.15) is 61.6 Å². The summed E-state index contributed by atoms with van der Waals surface area (Å²) in [5.41, 5.74) is 4.33. The largest absolute Gasteiger partial charge is 0.444 e. The number of nitrogens with zero attached hydrogens (tertiary/aromatic N) is 1. The summed E-state index contributed by atoms with van der Waals surface area (Å²) in [5, 5.41) is 5.87. The third-order valence-electron chi connectivity index (χ3n) is 6.67. The molecular weight excluding hydrogens is 502 g/mol. The topological polar surface area (TPSA) is 87.7 Å². The molecule has 2 atom stereocenters. The van der Waals surface area contributed by atoms with E-state index in [1.807, 2.05) is 100 Å². The lowest BCUT2D eigenvalue weighted by Gasteiger charge is -2.34. The molecule has 3 amide bonds. The Morgan fingerprint density at radius 2 is 1.40 bits per heavy atom. The van der Waals surface area contributed by atoms with Crippen LogP contribution in [0.25, 0.3) is 0 Å². The van der Waals surface area contributed by atoms with E-state index in [4.69, 9.17) is 4.74 Å². The predicted molar refractivity (Wildman–Crippen MR) is 159 cm³/mol. The number of likely N-dealkylation sites (N-methyl/N-ethyl adjacent to an activating group) is 1. The van der Waals surface area contributed by atoms with Crippen LogP contribution in [0.15, 0.2) is 72.8 Å². The van der Waals surface area contributed by atoms with Crippen LogP contribution in [0.5, 0.6) is 0 Å². The second-order valence-corrected chi connectivity index (χ2v) is 11.0. The molecule has 0 aliphatic carbocycles. The molecule has 3 aromatic carbocycles. The van der Waals surface area contributed by atoms with Crippen molar-refractivity contribution in [2.75, 3.05) is 11.9 Å². The summed E-state index contributed by atoms with van der Waals surface area (Å²) in [6.45, 7) is 13.2. The van der Waals surface area contributed by atoms with Gasteiger partial charge in [0.2, 0.25) is 5.91 Å². The van der Waals surface area contributed by atoms with E-state index in [0.717, 1.165) is 33.5 Å². The van der Waals surface area contributed by atoms with Crippen LogP contribution in [0, 0.1) is 20.8 Å². The van der Waals surface area contributed by atoms with Gasteiger partial charge in [0.15, 0.2) is 0 Å². The first-order valence-corrected chi connectivity index (χ1v) is 13.7. The molecule has 40 heavy (non-hydrogen) atoms. The highest BCUT2D eigenvalue weighted by Gasteiger charge is 2.36. The van der Waals surface area contributed by atoms with Crippen molar-refractivity contribution in [3.05, 3.63) is 101 Å². The molecule has 0 heterocycles. The monoisotopic (exact) mass is 543 g/mol. The van der Waals surface area contributed by atoms with Crippen LogP contribution in [0.2, 0.25) is 0 Å². The maximum Gasteiger partial charge on any atom is 0.408 e. The molecular formula is C33H41N3O4. The minimum Gasteiger partial charge on any atom is -0.444 e. The van der Waals surface area contributed by atoms with Gasteiger partial charge in [-0.1, -0.05) is 72.8 Å². The zero-order valence-corrected chi connectivity index (χ0v) is 24.6. The molecule has 0 aliphatic heterocycles. The van der Waals surface area contributed by atoms with Crippen molar-refractivity contribution in [2.45, 2.75) is 72.6 Å². The maximum atomic E-state index is 14.3. The Hall–Kier alpha value is -4.13. The van der Waals surface area contributed by atoms with Gasteiger partial charge in [0.25, 0.3) is 5.91 Å². The Morgan fingerprint density at radius 3 is 1.98 bits per heavy atom. The molecule has 2 N–H and O–H groups in total. The van der Waals surface area contributed by atoms with E-state index < -0.39 is 23.8 Å². The number of para-hydroxylation sites is 1. The number of anilines is 1. The van der Waals surface area contributed by atoms with Gasteiger partial charge in [-0.2, -0.15) is 0 Å². The van der Waals surface area contributed by atoms with Gasteiger partial charge in [-0.15, -0.1) is 0 Å². The Balaban J connectivity index is 2.03. The molecule has 0 fully saturated rings. The molecule has 0 aromatic heterocycles. The summed E-state index contributed by atoms with van der Waals surface area (Å²) in [6, 6.07) is 21.0. The van der Waals surface area contributed by atoms with Gasteiger partial charge in [-0.25, -0.2) is 4.79 Å². The minimum atomic E-state index is -0.947. The van der Waals surface area contributed by atoms with E-state index in [0.29, 0.717) is 0 Å². The fraction of sp³-hybridized carbons (Fsp3) is 0.364. The molecule has 0 bridgehead atoms. The highest BCUT2D eigenvalue weighted by molar-refractivity contribution is 6.00. The van der Waals surface area contributed by atoms with Crippen LogP contribution in [-0.4, -0.2) is 41.0 Å². The van der Waals surface area contributed by atoms with Crippen molar-refractivity contribution >= 4 is 23.6 Å². The highest BCUT2D eigenvalue weighted by Crippen LogP contribution is 2.29. The Kier molecular flexibility index (Phi) is 10.1. The zero-order chi connectivity index (χ0) is 29.4. The van der Waals surface area contributed by atoms with Crippen molar-refractivity contribution < 1.29 is 19.1 Å². The average molecular weight is 544 g/mol. The smallest absolute Gasteiger partial charge is 0.408 e. The molecule has 3 aromatic rings. The summed E-state index contributed by atoms with van der Waals surface area (Å²) in [7, 11) is 0. The Bertz CT molecular complexity index is 1310. The second kappa shape index (κ2) is 13.3. The lowest BCUT2D eigenvalue weighted by atomic mass is 9.96. The first-order chi connectivity index (χ1) is 18.9. The van der Waals surface area contributed by atoms with Crippen molar-refractivity contribution in [2.24, 2.45) is 0 Å². The van der Waals surface area contributed by atoms with Crippen LogP contribution in [0.3, 0.4) is 0 Å². The van der Waals surface area contributed by atoms with E-state index in [9.17, 15) is 14.4 Å². The van der Waals surface area contributed by atoms with Gasteiger partial charge in [-0.3, -0.25) is 9.59 Å². The van der Waals surface area contributed by atoms with Crippen molar-refractivity contribution in [1.29, 1.82) is 0 Å². The summed E-state index contributed by atoms with van der Waals surface area (Å²) in [4.78, 5) is 42.7. The number of alkyl carbamates (subject to hydrolysis) is 1. The number of carbonyl (C=O) groups excluding carboxylic acids is 3. The average Bonchev–Trinajstić information content (AvgIpc) is 2.88. The van der Waals surface area contributed by atoms with Gasteiger partial charge in [0, 0.05) is 18.7 Å². The van der Waals surface area contributed by atoms with Gasteiger partial charge in [-0.05, 0) is 76.3 Å². The summed E-state index contributed by atoms with van der Waals surface area (Å²) < 4.78 is 5.49. The standard InChI is InChI=1S/C33H41N3O4/c1-8-36(31(38)27(21-25-18-10-9-11-19-25)34-32(39)40-33(5,6)7)29(26-20-13-12-15-22(26)2)30(37)35-28-23(3)16-14-17-24(28)4/h9-20,27,29H,8,21H2,1-7H3,(H,34,39)(H,35,37). The normalized spacial score (nSPS) is 12.7. The van der Waals surface area contributed by atoms with Crippen molar-refractivity contribution in [3.8, 4) is 0 Å². The number of amides is 3. The number of hydrogen-bond acceptors (Lipinski definition) is 4. The van der Waals surface area contributed by atoms with E-state index in [1.54, 1.807) is 20.8 Å². The quantitative estimate of drug-likeness (QED) is 0.333. The van der Waals surface area contributed by atoms with Crippen molar-refractivity contribution in [1.82, 2.24) is 10.2 Å². The zero-order valence-electron chi connectivity index (χ0n) is 24.6. The Labute approximate surface area is 237 Å². The van der Waals surface area contributed by atoms with Gasteiger partial charge in [0.05, 0.1) is 0 Å². The molecule has 2 unspecified atom stereocenters. The van der Waals surface area contributed by atoms with Gasteiger partial charge in [0.1, 0.15) is 17.7 Å². The maximum absolute atomic E-state index is 14.3. The van der Waals surface area contributed by atoms with Gasteiger partial charge < -0.3 is 20.3 Å². The first kappa shape index (κ1) is 30.4. The third-order valence-corrected chi connectivity index (χ3v) is 6.67. The highest BCUT2D eigenvalue weighted by atomic mass is 16.6. The third kappa shape index (κ3) is 7.94. The molecule has 0 spiro atoms. The van der Waals surface area contributed by atoms with Crippen LogP contribution >= 0.6 is 0 Å². The molecule has 0 saturated carbocycles. The summed E-state index contributed by atoms with van der Waals surface area (Å²) >= 11 is 0. The lowest BCUT2D eigenvalue weighted by molar-refractivity contribution is -0.140. The Morgan fingerprint density at radius 1 is 0.825 bits per heavy atom. The number of ether oxygens (including phenoxy) is 1. The van der Waals surface area contributed by atoms with E-state index in [-0.39, 0.29) is 24.8 Å². The number of carbonyl (C=O) groups is 3. The van der Waals surface area contributed by atoms with E-state index >= 15 is 0 Å². The number of rotatable bonds is 9. The number of benzene rings is 3. The molecule has 0 aliphatic rings. The number of nitrogens with one attached hydrogen (secondary N) is 2.